The van der Waals surface area contributed by atoms with E-state index >= 15 is 0 Å². The lowest BCUT2D eigenvalue weighted by molar-refractivity contribution is -0.138. The van der Waals surface area contributed by atoms with E-state index in [1.165, 1.54) is 15.4 Å². The van der Waals surface area contributed by atoms with Crippen LogP contribution in [0.1, 0.15) is 29.3 Å². The Labute approximate surface area is 210 Å². The quantitative estimate of drug-likeness (QED) is 0.441. The molecule has 9 heteroatoms. The lowest BCUT2D eigenvalue weighted by atomic mass is 9.62. The summed E-state index contributed by atoms with van der Waals surface area (Å²) in [6.45, 7) is 0.910. The van der Waals surface area contributed by atoms with E-state index in [9.17, 15) is 14.7 Å². The summed E-state index contributed by atoms with van der Waals surface area (Å²) in [5.41, 5.74) is 2.24. The Balaban J connectivity index is 1.46. The van der Waals surface area contributed by atoms with Gasteiger partial charge in [-0.25, -0.2) is 0 Å². The number of halogens is 1. The Morgan fingerprint density at radius 2 is 1.91 bits per heavy atom. The number of piperidine rings is 1. The minimum Gasteiger partial charge on any atom is -0.454 e. The van der Waals surface area contributed by atoms with Crippen LogP contribution in [0.3, 0.4) is 0 Å². The average molecular weight is 545 g/mol. The molecule has 7 rings (SSSR count). The topological polar surface area (TPSA) is 79.3 Å². The molecule has 1 aromatic carbocycles. The summed E-state index contributed by atoms with van der Waals surface area (Å²) in [5.74, 6) is 0.419. The number of amides is 2. The molecule has 1 aromatic heterocycles. The Morgan fingerprint density at radius 3 is 2.65 bits per heavy atom. The van der Waals surface area contributed by atoms with Gasteiger partial charge in [-0.1, -0.05) is 33.6 Å². The van der Waals surface area contributed by atoms with Crippen molar-refractivity contribution in [2.45, 2.75) is 31.5 Å². The zero-order chi connectivity index (χ0) is 23.6. The lowest BCUT2D eigenvalue weighted by Crippen LogP contribution is -2.58. The third kappa shape index (κ3) is 3.28. The van der Waals surface area contributed by atoms with Crippen molar-refractivity contribution < 1.29 is 24.2 Å². The number of aliphatic hydroxyl groups is 1. The molecule has 0 saturated carbocycles. The van der Waals surface area contributed by atoms with E-state index in [4.69, 9.17) is 9.47 Å². The van der Waals surface area contributed by atoms with Gasteiger partial charge in [-0.3, -0.25) is 19.4 Å². The number of thiophene rings is 1. The molecular formula is C25H25BrN2O5S. The number of benzene rings is 1. The van der Waals surface area contributed by atoms with E-state index in [0.29, 0.717) is 13.0 Å². The Morgan fingerprint density at radius 1 is 1.15 bits per heavy atom. The zero-order valence-corrected chi connectivity index (χ0v) is 21.0. The molecule has 2 bridgehead atoms. The number of likely N-dealkylation sites (tertiary alicyclic amines) is 1. The van der Waals surface area contributed by atoms with Gasteiger partial charge in [-0.15, -0.1) is 11.3 Å². The second kappa shape index (κ2) is 8.48. The highest BCUT2D eigenvalue weighted by atomic mass is 79.9. The molecule has 5 aliphatic rings. The molecule has 5 heterocycles. The first-order valence-electron chi connectivity index (χ1n) is 11.5. The minimum absolute atomic E-state index is 0.0227. The summed E-state index contributed by atoms with van der Waals surface area (Å²) in [6, 6.07) is 7.88. The maximum atomic E-state index is 13.3. The number of carbonyl (C=O) groups excluding carboxylic acids is 2. The molecule has 34 heavy (non-hydrogen) atoms. The van der Waals surface area contributed by atoms with E-state index in [1.54, 1.807) is 18.4 Å². The lowest BCUT2D eigenvalue weighted by Gasteiger charge is -2.54. The second-order valence-electron chi connectivity index (χ2n) is 9.30. The third-order valence-electron chi connectivity index (χ3n) is 7.62. The van der Waals surface area contributed by atoms with Gasteiger partial charge >= 0.3 is 0 Å². The molecule has 5 atom stereocenters. The van der Waals surface area contributed by atoms with Crippen molar-refractivity contribution in [2.75, 3.05) is 20.4 Å². The number of hydrogen-bond donors (Lipinski definition) is 1. The number of nitrogens with zero attached hydrogens (tertiary/aromatic N) is 2. The van der Waals surface area contributed by atoms with Crippen molar-refractivity contribution in [3.05, 3.63) is 56.2 Å². The van der Waals surface area contributed by atoms with Gasteiger partial charge in [0.1, 0.15) is 0 Å². The highest BCUT2D eigenvalue weighted by Gasteiger charge is 2.63. The van der Waals surface area contributed by atoms with Crippen LogP contribution in [0.5, 0.6) is 11.5 Å². The maximum Gasteiger partial charge on any atom is 0.234 e. The van der Waals surface area contributed by atoms with Crippen molar-refractivity contribution in [2.24, 2.45) is 17.8 Å². The van der Waals surface area contributed by atoms with Gasteiger partial charge in [0.2, 0.25) is 18.6 Å². The van der Waals surface area contributed by atoms with Gasteiger partial charge in [0.15, 0.2) is 11.5 Å². The van der Waals surface area contributed by atoms with Crippen LogP contribution in [0.4, 0.5) is 0 Å². The molecule has 0 radical (unpaired) electrons. The van der Waals surface area contributed by atoms with E-state index in [0.717, 1.165) is 28.0 Å². The summed E-state index contributed by atoms with van der Waals surface area (Å²) >= 11 is 5.39. The SMILES string of the molecule is CN1C(=O)C2C(C1=O)C1C=C(CCCO)C2C(c2cccs2)N1Cc1cc2c(cc1Br)OCO2. The molecule has 1 aliphatic carbocycles. The van der Waals surface area contributed by atoms with E-state index in [-0.39, 0.29) is 55.1 Å². The first kappa shape index (κ1) is 22.3. The maximum absolute atomic E-state index is 13.3. The van der Waals surface area contributed by atoms with Crippen molar-refractivity contribution in [1.82, 2.24) is 9.80 Å². The standard InChI is InChI=1S/C25H25BrN2O5S/c1-27-24(30)21-16-8-13(4-2-6-29)20(22(21)25(27)31)23(19-5-3-7-34-19)28(16)11-14-9-17-18(10-15(14)26)33-12-32-17/h3,5,7-10,16,20-23,29H,2,4,6,11-12H2,1H3. The molecule has 2 aromatic rings. The number of rotatable bonds is 6. The minimum atomic E-state index is -0.385. The molecule has 2 fully saturated rings. The molecule has 2 saturated heterocycles. The average Bonchev–Trinajstić information content (AvgIpc) is 3.57. The smallest absolute Gasteiger partial charge is 0.234 e. The van der Waals surface area contributed by atoms with Gasteiger partial charge in [0.05, 0.1) is 17.9 Å². The fraction of sp³-hybridized carbons (Fsp3) is 0.440. The van der Waals surface area contributed by atoms with Crippen LogP contribution in [0.15, 0.2) is 45.8 Å². The van der Waals surface area contributed by atoms with Gasteiger partial charge in [-0.05, 0) is 42.0 Å². The van der Waals surface area contributed by atoms with Crippen molar-refractivity contribution in [1.29, 1.82) is 0 Å². The molecule has 178 valence electrons. The van der Waals surface area contributed by atoms with Crippen molar-refractivity contribution in [3.63, 3.8) is 0 Å². The molecule has 2 amide bonds. The van der Waals surface area contributed by atoms with Crippen LogP contribution in [0.25, 0.3) is 0 Å². The summed E-state index contributed by atoms with van der Waals surface area (Å²) in [5, 5.41) is 11.6. The van der Waals surface area contributed by atoms with Gasteiger partial charge in [0, 0.05) is 41.5 Å². The molecule has 1 N–H and O–H groups in total. The second-order valence-corrected chi connectivity index (χ2v) is 11.1. The molecular weight excluding hydrogens is 520 g/mol. The molecule has 0 spiro atoms. The molecule has 5 unspecified atom stereocenters. The summed E-state index contributed by atoms with van der Waals surface area (Å²) in [7, 11) is 1.61. The van der Waals surface area contributed by atoms with Crippen LogP contribution in [-0.4, -0.2) is 53.2 Å². The number of fused-ring (bicyclic) bond motifs is 2. The first-order valence-corrected chi connectivity index (χ1v) is 13.2. The Bertz CT molecular complexity index is 1180. The van der Waals surface area contributed by atoms with Gasteiger partial charge < -0.3 is 14.6 Å². The predicted octanol–water partition coefficient (Wildman–Crippen LogP) is 3.72. The summed E-state index contributed by atoms with van der Waals surface area (Å²) in [4.78, 5) is 31.4. The number of imide groups is 1. The highest BCUT2D eigenvalue weighted by molar-refractivity contribution is 9.10. The number of ether oxygens (including phenoxy) is 2. The van der Waals surface area contributed by atoms with Crippen LogP contribution in [-0.2, 0) is 16.1 Å². The summed E-state index contributed by atoms with van der Waals surface area (Å²) < 4.78 is 12.1. The zero-order valence-electron chi connectivity index (χ0n) is 18.6. The van der Waals surface area contributed by atoms with E-state index < -0.39 is 0 Å². The van der Waals surface area contributed by atoms with Crippen LogP contribution >= 0.6 is 27.3 Å². The number of hydrogen-bond acceptors (Lipinski definition) is 7. The molecule has 4 aliphatic heterocycles. The number of aliphatic hydroxyl groups excluding tert-OH is 1. The van der Waals surface area contributed by atoms with Crippen molar-refractivity contribution in [3.8, 4) is 11.5 Å². The normalized spacial score (nSPS) is 29.7. The Kier molecular flexibility index (Phi) is 5.55. The van der Waals surface area contributed by atoms with Crippen LogP contribution in [0, 0.1) is 17.8 Å². The fourth-order valence-corrected chi connectivity index (χ4v) is 7.51. The Hall–Kier alpha value is -2.20. The number of carbonyl (C=O) groups is 2. The largest absolute Gasteiger partial charge is 0.454 e. The third-order valence-corrected chi connectivity index (χ3v) is 9.30. The van der Waals surface area contributed by atoms with E-state index in [2.05, 4.69) is 38.4 Å². The monoisotopic (exact) mass is 544 g/mol. The van der Waals surface area contributed by atoms with Crippen molar-refractivity contribution >= 4 is 39.1 Å². The molecule has 7 nitrogen and oxygen atoms in total. The highest BCUT2D eigenvalue weighted by Crippen LogP contribution is 2.57. The van der Waals surface area contributed by atoms with E-state index in [1.807, 2.05) is 18.2 Å². The predicted molar refractivity (Wildman–Crippen MR) is 129 cm³/mol. The van der Waals surface area contributed by atoms with Gasteiger partial charge in [-0.2, -0.15) is 0 Å². The van der Waals surface area contributed by atoms with Crippen LogP contribution in [0.2, 0.25) is 0 Å². The first-order chi connectivity index (χ1) is 16.5. The van der Waals surface area contributed by atoms with Gasteiger partial charge in [0.25, 0.3) is 0 Å². The fourth-order valence-electron chi connectivity index (χ4n) is 6.17. The summed E-state index contributed by atoms with van der Waals surface area (Å²) in [6.07, 6.45) is 3.58. The van der Waals surface area contributed by atoms with Crippen LogP contribution < -0.4 is 9.47 Å².